The van der Waals surface area contributed by atoms with Crippen molar-refractivity contribution in [3.05, 3.63) is 0 Å². The van der Waals surface area contributed by atoms with Crippen LogP contribution in [-0.4, -0.2) is 34.2 Å². The van der Waals surface area contributed by atoms with Crippen molar-refractivity contribution in [2.75, 3.05) is 34.2 Å². The minimum atomic E-state index is 0.351. The third kappa shape index (κ3) is 5.88. The zero-order valence-corrected chi connectivity index (χ0v) is 5.35. The molecule has 0 saturated carbocycles. The summed E-state index contributed by atoms with van der Waals surface area (Å²) >= 11 is 0. The van der Waals surface area contributed by atoms with Gasteiger partial charge in [0.25, 0.3) is 0 Å². The number of ether oxygens (including phenoxy) is 3. The molecule has 0 amide bonds. The molecular weight excluding hydrogens is 108 g/mol. The molecule has 0 bridgehead atoms. The first-order valence-corrected chi connectivity index (χ1v) is 2.47. The largest absolute Gasteiger partial charge is 0.382 e. The van der Waals surface area contributed by atoms with E-state index in [-0.39, 0.29) is 0 Å². The normalized spacial score (nSPS) is 9.75. The Bertz CT molecular complexity index is 32.7. The molecule has 8 heavy (non-hydrogen) atoms. The van der Waals surface area contributed by atoms with Crippen LogP contribution in [0, 0.1) is 0 Å². The van der Waals surface area contributed by atoms with E-state index in [0.717, 1.165) is 0 Å². The highest BCUT2D eigenvalue weighted by Gasteiger charge is 1.81. The smallest absolute Gasteiger partial charge is 0.146 e. The van der Waals surface area contributed by atoms with E-state index in [1.165, 1.54) is 0 Å². The zero-order valence-electron chi connectivity index (χ0n) is 5.35. The molecule has 50 valence electrons. The summed E-state index contributed by atoms with van der Waals surface area (Å²) in [5, 5.41) is 0. The van der Waals surface area contributed by atoms with Gasteiger partial charge in [0.15, 0.2) is 0 Å². The first-order valence-electron chi connectivity index (χ1n) is 2.47. The lowest BCUT2D eigenvalue weighted by Crippen LogP contribution is -2.03. The van der Waals surface area contributed by atoms with E-state index in [0.29, 0.717) is 20.0 Å². The molecule has 0 aliphatic rings. The van der Waals surface area contributed by atoms with E-state index in [4.69, 9.17) is 9.47 Å². The molecule has 0 aliphatic carbocycles. The van der Waals surface area contributed by atoms with Gasteiger partial charge in [0.2, 0.25) is 0 Å². The third-order valence-corrected chi connectivity index (χ3v) is 0.633. The summed E-state index contributed by atoms with van der Waals surface area (Å²) in [6.45, 7) is 1.58. The van der Waals surface area contributed by atoms with Crippen LogP contribution in [0.2, 0.25) is 0 Å². The Labute approximate surface area is 49.5 Å². The van der Waals surface area contributed by atoms with Gasteiger partial charge in [-0.1, -0.05) is 0 Å². The Morgan fingerprint density at radius 2 is 1.75 bits per heavy atom. The molecule has 0 atom stereocenters. The Morgan fingerprint density at radius 1 is 1.00 bits per heavy atom. The van der Waals surface area contributed by atoms with Crippen molar-refractivity contribution in [3.63, 3.8) is 0 Å². The molecule has 0 aromatic carbocycles. The highest BCUT2D eigenvalue weighted by molar-refractivity contribution is 4.20. The van der Waals surface area contributed by atoms with Crippen molar-refractivity contribution in [3.8, 4) is 0 Å². The lowest BCUT2D eigenvalue weighted by atomic mass is 10.8. The average Bonchev–Trinajstić information content (AvgIpc) is 1.81. The first-order chi connectivity index (χ1) is 3.91. The fourth-order valence-electron chi connectivity index (χ4n) is 0.285. The second kappa shape index (κ2) is 6.88. The highest BCUT2D eigenvalue weighted by Crippen LogP contribution is 1.74. The Kier molecular flexibility index (Phi) is 6.78. The van der Waals surface area contributed by atoms with E-state index in [1.54, 1.807) is 14.2 Å². The minimum Gasteiger partial charge on any atom is -0.382 e. The Morgan fingerprint density at radius 3 is 2.25 bits per heavy atom. The van der Waals surface area contributed by atoms with Crippen molar-refractivity contribution in [2.24, 2.45) is 0 Å². The molecule has 0 saturated heterocycles. The van der Waals surface area contributed by atoms with Gasteiger partial charge in [-0.2, -0.15) is 0 Å². The van der Waals surface area contributed by atoms with Crippen molar-refractivity contribution < 1.29 is 14.2 Å². The minimum absolute atomic E-state index is 0.351. The van der Waals surface area contributed by atoms with Gasteiger partial charge in [-0.05, 0) is 0 Å². The lowest BCUT2D eigenvalue weighted by molar-refractivity contribution is -0.0457. The van der Waals surface area contributed by atoms with Gasteiger partial charge in [-0.15, -0.1) is 0 Å². The second-order valence-electron chi connectivity index (χ2n) is 1.31. The summed E-state index contributed by atoms with van der Waals surface area (Å²) in [6, 6.07) is 0. The van der Waals surface area contributed by atoms with Crippen LogP contribution in [0.15, 0.2) is 0 Å². The maximum atomic E-state index is 4.88. The van der Waals surface area contributed by atoms with E-state index in [2.05, 4.69) is 4.74 Å². The van der Waals surface area contributed by atoms with E-state index < -0.39 is 0 Å². The maximum absolute atomic E-state index is 4.88. The Balaban J connectivity index is 2.53. The molecule has 0 rings (SSSR count). The maximum Gasteiger partial charge on any atom is 0.146 e. The summed E-state index contributed by atoms with van der Waals surface area (Å²) < 4.78 is 14.2. The van der Waals surface area contributed by atoms with Crippen LogP contribution in [-0.2, 0) is 14.2 Å². The van der Waals surface area contributed by atoms with Crippen LogP contribution < -0.4 is 0 Å². The monoisotopic (exact) mass is 120 g/mol. The van der Waals surface area contributed by atoms with E-state index in [9.17, 15) is 0 Å². The predicted octanol–water partition coefficient (Wildman–Crippen LogP) is 0.253. The molecule has 0 spiro atoms. The molecule has 0 aromatic heterocycles. The number of rotatable bonds is 5. The predicted molar refractivity (Wildman–Crippen MR) is 29.7 cm³/mol. The van der Waals surface area contributed by atoms with Gasteiger partial charge in [-0.25, -0.2) is 0 Å². The van der Waals surface area contributed by atoms with Crippen LogP contribution in [0.4, 0.5) is 0 Å². The summed E-state index contributed by atoms with van der Waals surface area (Å²) in [4.78, 5) is 0. The van der Waals surface area contributed by atoms with Crippen LogP contribution in [0.3, 0.4) is 0 Å². The quantitative estimate of drug-likeness (QED) is 0.384. The van der Waals surface area contributed by atoms with Gasteiger partial charge in [-0.3, -0.25) is 0 Å². The summed E-state index contributed by atoms with van der Waals surface area (Å²) in [5.41, 5.74) is 0. The molecule has 0 aromatic rings. The Hall–Kier alpha value is -0.120. The molecule has 0 heterocycles. The lowest BCUT2D eigenvalue weighted by Gasteiger charge is -1.99. The van der Waals surface area contributed by atoms with Gasteiger partial charge < -0.3 is 14.2 Å². The molecule has 0 aliphatic heterocycles. The van der Waals surface area contributed by atoms with Crippen LogP contribution in [0.5, 0.6) is 0 Å². The molecule has 0 N–H and O–H groups in total. The van der Waals surface area contributed by atoms with Gasteiger partial charge in [0.1, 0.15) is 6.79 Å². The summed E-state index contributed by atoms with van der Waals surface area (Å²) in [6.07, 6.45) is 0. The number of hydrogen-bond acceptors (Lipinski definition) is 3. The van der Waals surface area contributed by atoms with Crippen LogP contribution in [0.25, 0.3) is 0 Å². The van der Waals surface area contributed by atoms with E-state index >= 15 is 0 Å². The number of hydrogen-bond donors (Lipinski definition) is 0. The summed E-state index contributed by atoms with van der Waals surface area (Å²) in [7, 11) is 3.23. The van der Waals surface area contributed by atoms with Crippen LogP contribution in [0.1, 0.15) is 0 Å². The zero-order chi connectivity index (χ0) is 6.24. The standard InChI is InChI=1S/C5H12O3/c1-6-3-4-8-5-7-2/h3-5H2,1-2H3. The molecular formula is C5H12O3. The third-order valence-electron chi connectivity index (χ3n) is 0.633. The van der Waals surface area contributed by atoms with Crippen molar-refractivity contribution in [1.82, 2.24) is 0 Å². The summed E-state index contributed by atoms with van der Waals surface area (Å²) in [5.74, 6) is 0. The second-order valence-corrected chi connectivity index (χ2v) is 1.31. The highest BCUT2D eigenvalue weighted by atomic mass is 16.7. The molecule has 0 radical (unpaired) electrons. The fraction of sp³-hybridized carbons (Fsp3) is 1.00. The van der Waals surface area contributed by atoms with Crippen molar-refractivity contribution in [2.45, 2.75) is 0 Å². The van der Waals surface area contributed by atoms with Crippen LogP contribution >= 0.6 is 0 Å². The SMILES string of the molecule is COCCOCOC. The topological polar surface area (TPSA) is 27.7 Å². The molecule has 0 fully saturated rings. The fourth-order valence-corrected chi connectivity index (χ4v) is 0.285. The average molecular weight is 120 g/mol. The van der Waals surface area contributed by atoms with Gasteiger partial charge in [0, 0.05) is 14.2 Å². The van der Waals surface area contributed by atoms with Crippen molar-refractivity contribution >= 4 is 0 Å². The van der Waals surface area contributed by atoms with E-state index in [1.807, 2.05) is 0 Å². The van der Waals surface area contributed by atoms with Gasteiger partial charge >= 0.3 is 0 Å². The number of methoxy groups -OCH3 is 2. The first kappa shape index (κ1) is 7.88. The molecule has 3 nitrogen and oxygen atoms in total. The van der Waals surface area contributed by atoms with Crippen molar-refractivity contribution in [1.29, 1.82) is 0 Å². The molecule has 0 unspecified atom stereocenters. The molecule has 3 heteroatoms. The van der Waals surface area contributed by atoms with Gasteiger partial charge in [0.05, 0.1) is 13.2 Å².